The Hall–Kier alpha value is -2.05. The molecule has 2 aromatic rings. The lowest BCUT2D eigenvalue weighted by Crippen LogP contribution is -2.37. The van der Waals surface area contributed by atoms with Crippen molar-refractivity contribution in [1.29, 1.82) is 0 Å². The summed E-state index contributed by atoms with van der Waals surface area (Å²) in [4.78, 5) is 12.5. The molecule has 0 aromatic heterocycles. The van der Waals surface area contributed by atoms with Crippen LogP contribution in [-0.2, 0) is 14.6 Å². The van der Waals surface area contributed by atoms with Crippen LogP contribution in [0.1, 0.15) is 25.5 Å². The smallest absolute Gasteiger partial charge is 0.261 e. The monoisotopic (exact) mass is 381 g/mol. The lowest BCUT2D eigenvalue weighted by molar-refractivity contribution is -0.127. The van der Waals surface area contributed by atoms with Gasteiger partial charge in [0.2, 0.25) is 0 Å². The molecule has 0 heterocycles. The van der Waals surface area contributed by atoms with Gasteiger partial charge >= 0.3 is 0 Å². The molecule has 25 heavy (non-hydrogen) atoms. The van der Waals surface area contributed by atoms with Crippen LogP contribution in [0.2, 0.25) is 5.02 Å². The van der Waals surface area contributed by atoms with Crippen molar-refractivity contribution in [3.8, 4) is 5.75 Å². The number of benzene rings is 2. The van der Waals surface area contributed by atoms with Gasteiger partial charge in [-0.05, 0) is 49.7 Å². The third-order valence-corrected chi connectivity index (χ3v) is 5.01. The first kappa shape index (κ1) is 19.3. The van der Waals surface area contributed by atoms with E-state index in [9.17, 15) is 13.2 Å². The Kier molecular flexibility index (Phi) is 6.08. The lowest BCUT2D eigenvalue weighted by Gasteiger charge is -2.19. The fourth-order valence-electron chi connectivity index (χ4n) is 2.22. The van der Waals surface area contributed by atoms with E-state index in [-0.39, 0.29) is 16.8 Å². The second-order valence-electron chi connectivity index (χ2n) is 5.79. The Morgan fingerprint density at radius 2 is 1.76 bits per heavy atom. The van der Waals surface area contributed by atoms with E-state index >= 15 is 0 Å². The second kappa shape index (κ2) is 7.89. The maximum absolute atomic E-state index is 12.3. The summed E-state index contributed by atoms with van der Waals surface area (Å²) < 4.78 is 28.5. The topological polar surface area (TPSA) is 72.5 Å². The van der Waals surface area contributed by atoms with Crippen LogP contribution in [0.5, 0.6) is 5.75 Å². The molecular formula is C18H20ClNO4S. The predicted octanol–water partition coefficient (Wildman–Crippen LogP) is 3.39. The molecule has 5 nitrogen and oxygen atoms in total. The van der Waals surface area contributed by atoms with E-state index < -0.39 is 15.9 Å². The molecule has 0 aliphatic heterocycles. The molecule has 0 radical (unpaired) electrons. The number of amides is 1. The number of halogens is 1. The molecule has 2 rings (SSSR count). The van der Waals surface area contributed by atoms with Crippen LogP contribution in [0.25, 0.3) is 0 Å². The van der Waals surface area contributed by atoms with Crippen molar-refractivity contribution in [3.63, 3.8) is 0 Å². The van der Waals surface area contributed by atoms with Gasteiger partial charge in [-0.3, -0.25) is 4.79 Å². The van der Waals surface area contributed by atoms with Crippen molar-refractivity contribution < 1.29 is 17.9 Å². The Morgan fingerprint density at radius 1 is 1.12 bits per heavy atom. The lowest BCUT2D eigenvalue weighted by atomic mass is 10.1. The fourth-order valence-corrected chi connectivity index (χ4v) is 3.03. The molecule has 0 bridgehead atoms. The van der Waals surface area contributed by atoms with Gasteiger partial charge in [0, 0.05) is 11.3 Å². The number of nitrogens with one attached hydrogen (secondary N) is 1. The van der Waals surface area contributed by atoms with Gasteiger partial charge in [0.1, 0.15) is 5.75 Å². The summed E-state index contributed by atoms with van der Waals surface area (Å²) in [5.41, 5.74) is 0.802. The van der Waals surface area contributed by atoms with Crippen LogP contribution in [-0.4, -0.2) is 26.7 Å². The van der Waals surface area contributed by atoms with E-state index in [0.717, 1.165) is 11.8 Å². The van der Waals surface area contributed by atoms with Crippen LogP contribution in [0.3, 0.4) is 0 Å². The maximum atomic E-state index is 12.3. The first-order valence-corrected chi connectivity index (χ1v) is 9.96. The minimum absolute atomic E-state index is 0.243. The number of rotatable bonds is 6. The molecule has 0 aliphatic carbocycles. The van der Waals surface area contributed by atoms with Crippen LogP contribution in [0, 0.1) is 0 Å². The van der Waals surface area contributed by atoms with Gasteiger partial charge in [0.05, 0.1) is 10.9 Å². The zero-order chi connectivity index (χ0) is 18.6. The van der Waals surface area contributed by atoms with Gasteiger partial charge in [0.25, 0.3) is 5.91 Å². The summed E-state index contributed by atoms with van der Waals surface area (Å²) >= 11 is 5.89. The normalized spacial score (nSPS) is 13.8. The van der Waals surface area contributed by atoms with Gasteiger partial charge in [-0.15, -0.1) is 0 Å². The highest BCUT2D eigenvalue weighted by Crippen LogP contribution is 2.19. The van der Waals surface area contributed by atoms with Crippen LogP contribution >= 0.6 is 11.6 Å². The average Bonchev–Trinajstić information content (AvgIpc) is 2.54. The van der Waals surface area contributed by atoms with Crippen LogP contribution in [0.15, 0.2) is 53.4 Å². The van der Waals surface area contributed by atoms with Crippen molar-refractivity contribution in [2.24, 2.45) is 0 Å². The molecule has 0 spiro atoms. The predicted molar refractivity (Wildman–Crippen MR) is 97.7 cm³/mol. The van der Waals surface area contributed by atoms with E-state index in [2.05, 4.69) is 5.32 Å². The van der Waals surface area contributed by atoms with Crippen molar-refractivity contribution in [2.45, 2.75) is 30.9 Å². The third kappa shape index (κ3) is 5.47. The quantitative estimate of drug-likeness (QED) is 0.832. The van der Waals surface area contributed by atoms with E-state index in [0.29, 0.717) is 10.8 Å². The molecule has 134 valence electrons. The molecule has 2 aromatic carbocycles. The molecule has 0 saturated carbocycles. The number of sulfone groups is 1. The zero-order valence-corrected chi connectivity index (χ0v) is 15.8. The third-order valence-electron chi connectivity index (χ3n) is 3.65. The zero-order valence-electron chi connectivity index (χ0n) is 14.2. The van der Waals surface area contributed by atoms with Crippen molar-refractivity contribution >= 4 is 27.3 Å². The van der Waals surface area contributed by atoms with E-state index in [1.165, 1.54) is 12.1 Å². The van der Waals surface area contributed by atoms with Crippen molar-refractivity contribution in [2.75, 3.05) is 6.26 Å². The summed E-state index contributed by atoms with van der Waals surface area (Å²) in [6, 6.07) is 13.0. The Morgan fingerprint density at radius 3 is 2.32 bits per heavy atom. The van der Waals surface area contributed by atoms with E-state index in [1.54, 1.807) is 43.3 Å². The summed E-state index contributed by atoms with van der Waals surface area (Å²) in [5.74, 6) is 0.236. The molecule has 1 amide bonds. The van der Waals surface area contributed by atoms with Gasteiger partial charge in [0.15, 0.2) is 15.9 Å². The number of hydrogen-bond acceptors (Lipinski definition) is 4. The molecule has 0 aliphatic rings. The number of ether oxygens (including phenoxy) is 1. The average molecular weight is 382 g/mol. The summed E-state index contributed by atoms with van der Waals surface area (Å²) in [6.07, 6.45) is 0.457. The van der Waals surface area contributed by atoms with Crippen molar-refractivity contribution in [3.05, 3.63) is 59.1 Å². The maximum Gasteiger partial charge on any atom is 0.261 e. The standard InChI is InChI=1S/C18H20ClNO4S/c1-12(14-7-9-17(10-8-14)25(3,22)23)20-18(21)13(2)24-16-6-4-5-15(19)11-16/h4-13H,1-3H3,(H,20,21). The Bertz CT molecular complexity index is 850. The minimum Gasteiger partial charge on any atom is -0.481 e. The summed E-state index contributed by atoms with van der Waals surface area (Å²) in [7, 11) is -3.24. The summed E-state index contributed by atoms with van der Waals surface area (Å²) in [6.45, 7) is 3.47. The highest BCUT2D eigenvalue weighted by molar-refractivity contribution is 7.90. The summed E-state index contributed by atoms with van der Waals surface area (Å²) in [5, 5.41) is 3.37. The largest absolute Gasteiger partial charge is 0.481 e. The number of carbonyl (C=O) groups is 1. The Labute approximate surface area is 152 Å². The molecule has 2 atom stereocenters. The molecule has 7 heteroatoms. The van der Waals surface area contributed by atoms with E-state index in [1.807, 2.05) is 6.92 Å². The molecule has 0 saturated heterocycles. The first-order chi connectivity index (χ1) is 11.7. The van der Waals surface area contributed by atoms with Gasteiger partial charge in [-0.25, -0.2) is 8.42 Å². The second-order valence-corrected chi connectivity index (χ2v) is 8.24. The highest BCUT2D eigenvalue weighted by atomic mass is 35.5. The Balaban J connectivity index is 1.99. The minimum atomic E-state index is -3.24. The highest BCUT2D eigenvalue weighted by Gasteiger charge is 2.18. The van der Waals surface area contributed by atoms with E-state index in [4.69, 9.17) is 16.3 Å². The molecular weight excluding hydrogens is 362 g/mol. The first-order valence-electron chi connectivity index (χ1n) is 7.69. The van der Waals surface area contributed by atoms with Crippen LogP contribution in [0.4, 0.5) is 0 Å². The van der Waals surface area contributed by atoms with Gasteiger partial charge < -0.3 is 10.1 Å². The SMILES string of the molecule is CC(Oc1cccc(Cl)c1)C(=O)NC(C)c1ccc(S(C)(=O)=O)cc1. The molecule has 1 N–H and O–H groups in total. The number of carbonyl (C=O) groups excluding carboxylic acids is 1. The van der Waals surface area contributed by atoms with Gasteiger partial charge in [-0.2, -0.15) is 0 Å². The van der Waals surface area contributed by atoms with Crippen LogP contribution < -0.4 is 10.1 Å². The van der Waals surface area contributed by atoms with Crippen molar-refractivity contribution in [1.82, 2.24) is 5.32 Å². The molecule has 0 fully saturated rings. The fraction of sp³-hybridized carbons (Fsp3) is 0.278. The number of hydrogen-bond donors (Lipinski definition) is 1. The molecule has 2 unspecified atom stereocenters. The van der Waals surface area contributed by atoms with Gasteiger partial charge in [-0.1, -0.05) is 29.8 Å².